The summed E-state index contributed by atoms with van der Waals surface area (Å²) in [6, 6.07) is 67.5. The zero-order valence-electron chi connectivity index (χ0n) is 27.3. The van der Waals surface area contributed by atoms with Crippen molar-refractivity contribution in [2.24, 2.45) is 0 Å². The molecule has 0 radical (unpaired) electrons. The molecule has 0 heterocycles. The molecule has 0 atom stereocenters. The molecule has 0 N–H and O–H groups in total. The molecule has 0 aromatic heterocycles. The van der Waals surface area contributed by atoms with Crippen molar-refractivity contribution < 1.29 is 0 Å². The molecule has 50 heavy (non-hydrogen) atoms. The molecule has 10 aromatic carbocycles. The zero-order valence-corrected chi connectivity index (χ0v) is 27.3. The van der Waals surface area contributed by atoms with Crippen molar-refractivity contribution in [1.29, 1.82) is 0 Å². The van der Waals surface area contributed by atoms with E-state index in [-0.39, 0.29) is 0 Å². The minimum absolute atomic E-state index is 1.22. The second kappa shape index (κ2) is 10.5. The van der Waals surface area contributed by atoms with Crippen LogP contribution in [0.5, 0.6) is 0 Å². The number of fused-ring (bicyclic) bond motifs is 3. The predicted molar refractivity (Wildman–Crippen MR) is 214 cm³/mol. The van der Waals surface area contributed by atoms with Crippen LogP contribution in [0.15, 0.2) is 182 Å². The van der Waals surface area contributed by atoms with Gasteiger partial charge in [0.05, 0.1) is 0 Å². The summed E-state index contributed by atoms with van der Waals surface area (Å²) in [6.45, 7) is 0. The maximum absolute atomic E-state index is 2.37. The lowest BCUT2D eigenvalue weighted by atomic mass is 9.89. The average molecular weight is 631 g/mol. The second-order valence-electron chi connectivity index (χ2n) is 13.7. The van der Waals surface area contributed by atoms with Gasteiger partial charge in [-0.3, -0.25) is 0 Å². The van der Waals surface area contributed by atoms with E-state index in [1.165, 1.54) is 110 Å². The van der Waals surface area contributed by atoms with E-state index in [0.29, 0.717) is 0 Å². The van der Waals surface area contributed by atoms with Crippen molar-refractivity contribution in [3.63, 3.8) is 0 Å². The third-order valence-corrected chi connectivity index (χ3v) is 11.0. The second-order valence-corrected chi connectivity index (χ2v) is 13.7. The highest BCUT2D eigenvalue weighted by Gasteiger charge is 2.21. The SMILES string of the molecule is c1cc(-c2ccc(-c3ccc4c(c3)-c3cccc5cccc-4c35)cc2)cc(-c2ccc(-c3ccc4ccc5cccc6ccc3c4c56)cc2)c1. The van der Waals surface area contributed by atoms with Gasteiger partial charge >= 0.3 is 0 Å². The van der Waals surface area contributed by atoms with Crippen LogP contribution in [-0.4, -0.2) is 0 Å². The predicted octanol–water partition coefficient (Wildman–Crippen LogP) is 14.1. The molecule has 1 aliphatic carbocycles. The lowest BCUT2D eigenvalue weighted by Crippen LogP contribution is -1.87. The Hall–Kier alpha value is -6.50. The van der Waals surface area contributed by atoms with Crippen LogP contribution in [0.1, 0.15) is 0 Å². The zero-order chi connectivity index (χ0) is 32.8. The maximum Gasteiger partial charge on any atom is -0.00206 e. The number of hydrogen-bond acceptors (Lipinski definition) is 0. The molecule has 11 rings (SSSR count). The van der Waals surface area contributed by atoms with Crippen LogP contribution in [0.2, 0.25) is 0 Å². The Morgan fingerprint density at radius 1 is 0.200 bits per heavy atom. The molecule has 0 saturated carbocycles. The van der Waals surface area contributed by atoms with E-state index < -0.39 is 0 Å². The minimum atomic E-state index is 1.22. The number of rotatable bonds is 4. The maximum atomic E-state index is 2.37. The highest BCUT2D eigenvalue weighted by Crippen LogP contribution is 2.48. The number of benzene rings is 10. The van der Waals surface area contributed by atoms with E-state index in [1.807, 2.05) is 0 Å². The molecule has 0 bridgehead atoms. The van der Waals surface area contributed by atoms with Crippen LogP contribution in [0.25, 0.3) is 110 Å². The molecule has 230 valence electrons. The molecule has 1 aliphatic rings. The van der Waals surface area contributed by atoms with Crippen LogP contribution in [-0.2, 0) is 0 Å². The lowest BCUT2D eigenvalue weighted by Gasteiger charge is -2.14. The third kappa shape index (κ3) is 4.06. The van der Waals surface area contributed by atoms with Crippen LogP contribution in [0.3, 0.4) is 0 Å². The van der Waals surface area contributed by atoms with Gasteiger partial charge in [0.2, 0.25) is 0 Å². The summed E-state index contributed by atoms with van der Waals surface area (Å²) >= 11 is 0. The molecule has 0 aliphatic heterocycles. The van der Waals surface area contributed by atoms with Gasteiger partial charge in [0.1, 0.15) is 0 Å². The Morgan fingerprint density at radius 2 is 0.640 bits per heavy atom. The van der Waals surface area contributed by atoms with Gasteiger partial charge in [-0.2, -0.15) is 0 Å². The van der Waals surface area contributed by atoms with Gasteiger partial charge in [0.25, 0.3) is 0 Å². The Bertz CT molecular complexity index is 2920. The Kier molecular flexibility index (Phi) is 5.76. The first-order valence-electron chi connectivity index (χ1n) is 17.4. The summed E-state index contributed by atoms with van der Waals surface area (Å²) in [5.41, 5.74) is 15.2. The summed E-state index contributed by atoms with van der Waals surface area (Å²) in [5, 5.41) is 10.6. The van der Waals surface area contributed by atoms with Crippen LogP contribution < -0.4 is 0 Å². The smallest absolute Gasteiger partial charge is 0.00206 e. The first kappa shape index (κ1) is 27.5. The average Bonchev–Trinajstić information content (AvgIpc) is 3.51. The van der Waals surface area contributed by atoms with Crippen molar-refractivity contribution in [1.82, 2.24) is 0 Å². The van der Waals surface area contributed by atoms with Crippen molar-refractivity contribution in [3.05, 3.63) is 182 Å². The van der Waals surface area contributed by atoms with Gasteiger partial charge in [0, 0.05) is 0 Å². The van der Waals surface area contributed by atoms with Gasteiger partial charge in [-0.25, -0.2) is 0 Å². The summed E-state index contributed by atoms with van der Waals surface area (Å²) in [4.78, 5) is 0. The van der Waals surface area contributed by atoms with Crippen molar-refractivity contribution in [3.8, 4) is 66.8 Å². The van der Waals surface area contributed by atoms with Gasteiger partial charge in [-0.15, -0.1) is 0 Å². The van der Waals surface area contributed by atoms with Gasteiger partial charge < -0.3 is 0 Å². The summed E-state index contributed by atoms with van der Waals surface area (Å²) in [6.07, 6.45) is 0. The van der Waals surface area contributed by atoms with E-state index in [2.05, 4.69) is 182 Å². The largest absolute Gasteiger partial charge is 0.0610 e. The summed E-state index contributed by atoms with van der Waals surface area (Å²) < 4.78 is 0. The molecule has 0 fully saturated rings. The first-order valence-corrected chi connectivity index (χ1v) is 17.4. The lowest BCUT2D eigenvalue weighted by molar-refractivity contribution is 1.57. The highest BCUT2D eigenvalue weighted by molar-refractivity contribution is 6.25. The van der Waals surface area contributed by atoms with Gasteiger partial charge in [-0.05, 0) is 122 Å². The Labute approximate surface area is 290 Å². The van der Waals surface area contributed by atoms with Gasteiger partial charge in [-0.1, -0.05) is 170 Å². The molecule has 0 amide bonds. The van der Waals surface area contributed by atoms with Crippen molar-refractivity contribution in [2.45, 2.75) is 0 Å². The Morgan fingerprint density at radius 3 is 1.30 bits per heavy atom. The van der Waals surface area contributed by atoms with E-state index in [9.17, 15) is 0 Å². The summed E-state index contributed by atoms with van der Waals surface area (Å²) in [5.74, 6) is 0. The molecular formula is C50H30. The van der Waals surface area contributed by atoms with E-state index >= 15 is 0 Å². The summed E-state index contributed by atoms with van der Waals surface area (Å²) in [7, 11) is 0. The van der Waals surface area contributed by atoms with E-state index in [0.717, 1.165) is 0 Å². The van der Waals surface area contributed by atoms with Gasteiger partial charge in [0.15, 0.2) is 0 Å². The van der Waals surface area contributed by atoms with E-state index in [4.69, 9.17) is 0 Å². The normalized spacial score (nSPS) is 12.0. The molecule has 0 spiro atoms. The molecule has 0 unspecified atom stereocenters. The molecular weight excluding hydrogens is 601 g/mol. The van der Waals surface area contributed by atoms with Crippen LogP contribution in [0, 0.1) is 0 Å². The van der Waals surface area contributed by atoms with Crippen molar-refractivity contribution in [2.75, 3.05) is 0 Å². The fraction of sp³-hybridized carbons (Fsp3) is 0. The molecule has 10 aromatic rings. The van der Waals surface area contributed by atoms with Crippen molar-refractivity contribution >= 4 is 43.1 Å². The minimum Gasteiger partial charge on any atom is -0.0610 e. The topological polar surface area (TPSA) is 0 Å². The number of hydrogen-bond donors (Lipinski definition) is 0. The fourth-order valence-corrected chi connectivity index (χ4v) is 8.53. The van der Waals surface area contributed by atoms with Crippen LogP contribution >= 0.6 is 0 Å². The highest BCUT2D eigenvalue weighted by atomic mass is 14.2. The standard InChI is InChI=1S/C50H30/c1-5-36-21-22-38-23-26-42(46-28-24-37(6-1)48(36)50(38)46)34-19-17-32(18-20-34)40-10-2-9-39(29-40)31-13-15-33(16-14-31)41-25-27-43-44-11-3-7-35-8-4-12-45(49(35)44)47(43)30-41/h1-30H. The fourth-order valence-electron chi connectivity index (χ4n) is 8.53. The Balaban J connectivity index is 0.897. The molecule has 0 nitrogen and oxygen atoms in total. The third-order valence-electron chi connectivity index (χ3n) is 11.0. The monoisotopic (exact) mass is 630 g/mol. The van der Waals surface area contributed by atoms with Crippen LogP contribution in [0.4, 0.5) is 0 Å². The van der Waals surface area contributed by atoms with E-state index in [1.54, 1.807) is 0 Å². The molecule has 0 saturated heterocycles. The quantitative estimate of drug-likeness (QED) is 0.170. The molecule has 0 heteroatoms. The first-order chi connectivity index (χ1) is 24.8.